The van der Waals surface area contributed by atoms with E-state index in [1.807, 2.05) is 19.9 Å². The van der Waals surface area contributed by atoms with Crippen LogP contribution in [0.1, 0.15) is 40.0 Å². The molecule has 0 aromatic rings. The Hall–Kier alpha value is -1.12. The molecule has 3 nitrogen and oxygen atoms in total. The summed E-state index contributed by atoms with van der Waals surface area (Å²) in [4.78, 5) is 24.6. The van der Waals surface area contributed by atoms with E-state index in [1.165, 1.54) is 0 Å². The molecule has 1 spiro atoms. The Bertz CT molecular complexity index is 451. The minimum Gasteiger partial charge on any atom is -0.450 e. The van der Waals surface area contributed by atoms with Crippen LogP contribution in [0.25, 0.3) is 0 Å². The maximum atomic E-state index is 12.7. The average Bonchev–Trinajstić information content (AvgIpc) is 2.59. The summed E-state index contributed by atoms with van der Waals surface area (Å²) < 4.78 is 5.69. The van der Waals surface area contributed by atoms with E-state index in [4.69, 9.17) is 4.74 Å². The van der Waals surface area contributed by atoms with Crippen molar-refractivity contribution in [3.05, 3.63) is 11.6 Å². The molecular formula is C15H20O3. The van der Waals surface area contributed by atoms with E-state index in [-0.39, 0.29) is 29.5 Å². The van der Waals surface area contributed by atoms with Crippen LogP contribution in [0.15, 0.2) is 11.6 Å². The zero-order valence-corrected chi connectivity index (χ0v) is 11.2. The summed E-state index contributed by atoms with van der Waals surface area (Å²) >= 11 is 0. The van der Waals surface area contributed by atoms with Gasteiger partial charge in [0.1, 0.15) is 0 Å². The lowest BCUT2D eigenvalue weighted by Gasteiger charge is -2.48. The van der Waals surface area contributed by atoms with Gasteiger partial charge in [0.15, 0.2) is 5.60 Å². The third kappa shape index (κ3) is 1.25. The molecule has 0 radical (unpaired) electrons. The zero-order chi connectivity index (χ0) is 13.1. The van der Waals surface area contributed by atoms with E-state index in [0.29, 0.717) is 5.92 Å². The van der Waals surface area contributed by atoms with Gasteiger partial charge in [0.2, 0.25) is 5.78 Å². The van der Waals surface area contributed by atoms with Gasteiger partial charge in [0.05, 0.1) is 5.92 Å². The second-order valence-corrected chi connectivity index (χ2v) is 6.22. The van der Waals surface area contributed by atoms with E-state index in [0.717, 1.165) is 24.8 Å². The lowest BCUT2D eigenvalue weighted by Crippen LogP contribution is -2.57. The molecule has 0 aromatic heterocycles. The Morgan fingerprint density at radius 3 is 2.67 bits per heavy atom. The van der Waals surface area contributed by atoms with Gasteiger partial charge in [-0.1, -0.05) is 19.9 Å². The Labute approximate surface area is 108 Å². The number of hydrogen-bond donors (Lipinski definition) is 0. The van der Waals surface area contributed by atoms with Gasteiger partial charge < -0.3 is 4.74 Å². The van der Waals surface area contributed by atoms with E-state index < -0.39 is 5.60 Å². The first-order valence-electron chi connectivity index (χ1n) is 6.93. The number of ether oxygens (including phenoxy) is 1. The lowest BCUT2D eigenvalue weighted by atomic mass is 9.57. The van der Waals surface area contributed by atoms with Crippen LogP contribution in [0.5, 0.6) is 0 Å². The predicted molar refractivity (Wildman–Crippen MR) is 66.7 cm³/mol. The quantitative estimate of drug-likeness (QED) is 0.619. The minimum absolute atomic E-state index is 0.0630. The number of carbonyl (C=O) groups excluding carboxylic acids is 2. The second kappa shape index (κ2) is 3.69. The standard InChI is InChI=1S/C15H20O3/c1-8-4-7-12-10(3)14(17)18-15(12)11(8)6-5-9(2)13(15)16/h5,8,10-12H,4,6-7H2,1-3H3/t8-,10-,11+,12+,15+/m1/s1. The fourth-order valence-corrected chi connectivity index (χ4v) is 4.25. The number of Topliss-reactive ketones (excluding diaryl/α,β-unsaturated/α-hetero) is 1. The van der Waals surface area contributed by atoms with Crippen molar-refractivity contribution < 1.29 is 14.3 Å². The van der Waals surface area contributed by atoms with Crippen molar-refractivity contribution in [1.29, 1.82) is 0 Å². The van der Waals surface area contributed by atoms with Gasteiger partial charge in [-0.2, -0.15) is 0 Å². The molecule has 0 amide bonds. The Morgan fingerprint density at radius 2 is 1.94 bits per heavy atom. The average molecular weight is 248 g/mol. The summed E-state index contributed by atoms with van der Waals surface area (Å²) in [5.74, 6) is 0.473. The second-order valence-electron chi connectivity index (χ2n) is 6.22. The van der Waals surface area contributed by atoms with Gasteiger partial charge in [0, 0.05) is 11.8 Å². The molecule has 1 saturated carbocycles. The molecule has 3 heteroatoms. The number of esters is 1. The van der Waals surface area contributed by atoms with Gasteiger partial charge in [0.25, 0.3) is 0 Å². The molecule has 0 N–H and O–H groups in total. The molecule has 3 rings (SSSR count). The normalized spacial score (nSPS) is 47.2. The van der Waals surface area contributed by atoms with Gasteiger partial charge in [-0.15, -0.1) is 0 Å². The molecule has 98 valence electrons. The van der Waals surface area contributed by atoms with E-state index in [9.17, 15) is 9.59 Å². The highest BCUT2D eigenvalue weighted by atomic mass is 16.6. The SMILES string of the molecule is CC1=CC[C@H]2[C@H](C)CC[C@H]3[C@@H](C)C(=O)O[C@@]23C1=O. The molecule has 0 bridgehead atoms. The highest BCUT2D eigenvalue weighted by Gasteiger charge is 2.65. The monoisotopic (exact) mass is 248 g/mol. The van der Waals surface area contributed by atoms with Crippen molar-refractivity contribution in [2.45, 2.75) is 45.6 Å². The molecule has 0 unspecified atom stereocenters. The Balaban J connectivity index is 2.13. The number of ketones is 1. The summed E-state index contributed by atoms with van der Waals surface area (Å²) in [7, 11) is 0. The fourth-order valence-electron chi connectivity index (χ4n) is 4.25. The predicted octanol–water partition coefficient (Wildman–Crippen LogP) is 2.50. The summed E-state index contributed by atoms with van der Waals surface area (Å²) in [6, 6.07) is 0. The summed E-state index contributed by atoms with van der Waals surface area (Å²) in [6.45, 7) is 5.94. The third-order valence-corrected chi connectivity index (χ3v) is 5.36. The highest BCUT2D eigenvalue weighted by molar-refractivity contribution is 6.05. The Morgan fingerprint density at radius 1 is 1.22 bits per heavy atom. The van der Waals surface area contributed by atoms with Crippen molar-refractivity contribution in [2.75, 3.05) is 0 Å². The van der Waals surface area contributed by atoms with E-state index in [1.54, 1.807) is 0 Å². The third-order valence-electron chi connectivity index (χ3n) is 5.36. The molecule has 5 atom stereocenters. The molecule has 1 aliphatic heterocycles. The molecule has 2 aliphatic carbocycles. The summed E-state index contributed by atoms with van der Waals surface area (Å²) in [5.41, 5.74) is -0.0558. The van der Waals surface area contributed by atoms with Crippen LogP contribution in [-0.2, 0) is 14.3 Å². The van der Waals surface area contributed by atoms with Crippen LogP contribution in [0.3, 0.4) is 0 Å². The molecular weight excluding hydrogens is 228 g/mol. The van der Waals surface area contributed by atoms with Crippen LogP contribution in [0.2, 0.25) is 0 Å². The van der Waals surface area contributed by atoms with Crippen molar-refractivity contribution in [3.8, 4) is 0 Å². The number of carbonyl (C=O) groups is 2. The number of allylic oxidation sites excluding steroid dienone is 1. The molecule has 1 saturated heterocycles. The number of rotatable bonds is 0. The first-order valence-corrected chi connectivity index (χ1v) is 6.93. The minimum atomic E-state index is -0.826. The maximum Gasteiger partial charge on any atom is 0.310 e. The van der Waals surface area contributed by atoms with Gasteiger partial charge in [-0.3, -0.25) is 9.59 Å². The molecule has 0 aromatic carbocycles. The van der Waals surface area contributed by atoms with Crippen molar-refractivity contribution in [3.63, 3.8) is 0 Å². The maximum absolute atomic E-state index is 12.7. The highest BCUT2D eigenvalue weighted by Crippen LogP contribution is 2.55. The lowest BCUT2D eigenvalue weighted by molar-refractivity contribution is -0.171. The van der Waals surface area contributed by atoms with E-state index >= 15 is 0 Å². The molecule has 3 aliphatic rings. The van der Waals surface area contributed by atoms with Crippen molar-refractivity contribution in [2.24, 2.45) is 23.7 Å². The molecule has 18 heavy (non-hydrogen) atoms. The van der Waals surface area contributed by atoms with Gasteiger partial charge in [-0.05, 0) is 37.7 Å². The first kappa shape index (κ1) is 11.9. The smallest absolute Gasteiger partial charge is 0.310 e. The van der Waals surface area contributed by atoms with Crippen LogP contribution in [0, 0.1) is 23.7 Å². The van der Waals surface area contributed by atoms with E-state index in [2.05, 4.69) is 6.92 Å². The van der Waals surface area contributed by atoms with Gasteiger partial charge >= 0.3 is 5.97 Å². The van der Waals surface area contributed by atoms with Crippen molar-refractivity contribution >= 4 is 11.8 Å². The van der Waals surface area contributed by atoms with Crippen LogP contribution in [-0.4, -0.2) is 17.4 Å². The van der Waals surface area contributed by atoms with Gasteiger partial charge in [-0.25, -0.2) is 0 Å². The topological polar surface area (TPSA) is 43.4 Å². The number of hydrogen-bond acceptors (Lipinski definition) is 3. The zero-order valence-electron chi connectivity index (χ0n) is 11.2. The van der Waals surface area contributed by atoms with Crippen LogP contribution >= 0.6 is 0 Å². The van der Waals surface area contributed by atoms with Crippen LogP contribution < -0.4 is 0 Å². The van der Waals surface area contributed by atoms with Crippen molar-refractivity contribution in [1.82, 2.24) is 0 Å². The summed E-state index contributed by atoms with van der Waals surface area (Å²) in [5, 5.41) is 0. The largest absolute Gasteiger partial charge is 0.450 e. The fraction of sp³-hybridized carbons (Fsp3) is 0.733. The molecule has 2 fully saturated rings. The Kier molecular flexibility index (Phi) is 2.45. The summed E-state index contributed by atoms with van der Waals surface area (Å²) in [6.07, 6.45) is 4.92. The first-order chi connectivity index (χ1) is 8.48. The molecule has 1 heterocycles. The van der Waals surface area contributed by atoms with Crippen LogP contribution in [0.4, 0.5) is 0 Å².